The highest BCUT2D eigenvalue weighted by molar-refractivity contribution is 5.96. The minimum absolute atomic E-state index is 0.0613. The molecule has 0 aliphatic rings. The Bertz CT molecular complexity index is 594. The molecule has 2 rings (SSSR count). The Morgan fingerprint density at radius 2 is 1.50 bits per heavy atom. The number of rotatable bonds is 5. The second-order valence-corrected chi connectivity index (χ2v) is 4.93. The maximum atomic E-state index is 11.8. The fraction of sp³-hybridized carbons (Fsp3) is 0.167. The summed E-state index contributed by atoms with van der Waals surface area (Å²) >= 11 is 0. The molecule has 0 aliphatic heterocycles. The monoisotopic (exact) mass is 265 g/mol. The second kappa shape index (κ2) is 6.71. The van der Waals surface area contributed by atoms with Crippen LogP contribution in [0.5, 0.6) is 0 Å². The Morgan fingerprint density at radius 3 is 2.10 bits per heavy atom. The number of carbonyl (C=O) groups excluding carboxylic acids is 1. The van der Waals surface area contributed by atoms with Gasteiger partial charge in [-0.25, -0.2) is 0 Å². The van der Waals surface area contributed by atoms with Crippen molar-refractivity contribution in [3.05, 3.63) is 71.3 Å². The lowest BCUT2D eigenvalue weighted by molar-refractivity contribution is -0.113. The molecule has 2 heteroatoms. The molecule has 0 aliphatic carbocycles. The molecule has 0 heterocycles. The fourth-order valence-electron chi connectivity index (χ4n) is 1.79. The standard InChI is InChI=1S/C18H19NO/c1-14-3-7-16(8-4-14)9-12-18(20)13-19-17-10-5-15(2)6-11-17/h3-12,19H,13H2,1-2H3/b12-9+. The van der Waals surface area contributed by atoms with Gasteiger partial charge in [-0.05, 0) is 37.6 Å². The topological polar surface area (TPSA) is 29.1 Å². The van der Waals surface area contributed by atoms with Crippen molar-refractivity contribution >= 4 is 17.5 Å². The highest BCUT2D eigenvalue weighted by atomic mass is 16.1. The van der Waals surface area contributed by atoms with E-state index in [0.29, 0.717) is 6.54 Å². The summed E-state index contributed by atoms with van der Waals surface area (Å²) in [6.45, 7) is 4.40. The van der Waals surface area contributed by atoms with Crippen molar-refractivity contribution in [3.8, 4) is 0 Å². The molecular weight excluding hydrogens is 246 g/mol. The van der Waals surface area contributed by atoms with Crippen LogP contribution in [0.15, 0.2) is 54.6 Å². The predicted molar refractivity (Wildman–Crippen MR) is 84.9 cm³/mol. The molecule has 20 heavy (non-hydrogen) atoms. The van der Waals surface area contributed by atoms with E-state index in [1.165, 1.54) is 11.1 Å². The van der Waals surface area contributed by atoms with Gasteiger partial charge >= 0.3 is 0 Å². The summed E-state index contributed by atoms with van der Waals surface area (Å²) in [6, 6.07) is 16.1. The van der Waals surface area contributed by atoms with Gasteiger partial charge in [0.2, 0.25) is 0 Å². The molecule has 0 radical (unpaired) electrons. The lowest BCUT2D eigenvalue weighted by Gasteiger charge is -2.04. The van der Waals surface area contributed by atoms with Crippen LogP contribution in [0.2, 0.25) is 0 Å². The van der Waals surface area contributed by atoms with E-state index in [2.05, 4.69) is 5.32 Å². The number of hydrogen-bond acceptors (Lipinski definition) is 2. The van der Waals surface area contributed by atoms with Crippen LogP contribution in [0.4, 0.5) is 5.69 Å². The van der Waals surface area contributed by atoms with E-state index in [0.717, 1.165) is 11.3 Å². The van der Waals surface area contributed by atoms with Crippen molar-refractivity contribution in [3.63, 3.8) is 0 Å². The molecule has 2 aromatic carbocycles. The van der Waals surface area contributed by atoms with Gasteiger partial charge in [0, 0.05) is 5.69 Å². The van der Waals surface area contributed by atoms with Crippen molar-refractivity contribution < 1.29 is 4.79 Å². The van der Waals surface area contributed by atoms with Crippen LogP contribution in [-0.4, -0.2) is 12.3 Å². The molecule has 0 bridgehead atoms. The smallest absolute Gasteiger partial charge is 0.174 e. The molecule has 2 nitrogen and oxygen atoms in total. The number of carbonyl (C=O) groups is 1. The maximum absolute atomic E-state index is 11.8. The largest absolute Gasteiger partial charge is 0.378 e. The summed E-state index contributed by atoms with van der Waals surface area (Å²) in [4.78, 5) is 11.8. The van der Waals surface area contributed by atoms with Crippen LogP contribution in [-0.2, 0) is 4.79 Å². The quantitative estimate of drug-likeness (QED) is 0.828. The van der Waals surface area contributed by atoms with E-state index in [1.54, 1.807) is 6.08 Å². The van der Waals surface area contributed by atoms with E-state index >= 15 is 0 Å². The van der Waals surface area contributed by atoms with Gasteiger partial charge in [0.05, 0.1) is 6.54 Å². The zero-order valence-corrected chi connectivity index (χ0v) is 11.9. The Kier molecular flexibility index (Phi) is 4.72. The number of hydrogen-bond donors (Lipinski definition) is 1. The van der Waals surface area contributed by atoms with Gasteiger partial charge in [-0.3, -0.25) is 4.79 Å². The molecule has 0 aromatic heterocycles. The SMILES string of the molecule is Cc1ccc(/C=C/C(=O)CNc2ccc(C)cc2)cc1. The van der Waals surface area contributed by atoms with Crippen LogP contribution in [0.1, 0.15) is 16.7 Å². The third-order valence-electron chi connectivity index (χ3n) is 3.06. The maximum Gasteiger partial charge on any atom is 0.174 e. The Labute approximate surface area is 120 Å². The summed E-state index contributed by atoms with van der Waals surface area (Å²) < 4.78 is 0. The summed E-state index contributed by atoms with van der Waals surface area (Å²) in [5.41, 5.74) is 4.43. The molecule has 0 spiro atoms. The predicted octanol–water partition coefficient (Wildman–Crippen LogP) is 4.00. The van der Waals surface area contributed by atoms with E-state index < -0.39 is 0 Å². The molecule has 0 saturated heterocycles. The van der Waals surface area contributed by atoms with Gasteiger partial charge in [-0.15, -0.1) is 0 Å². The van der Waals surface area contributed by atoms with E-state index in [9.17, 15) is 4.79 Å². The van der Waals surface area contributed by atoms with Crippen molar-refractivity contribution in [2.45, 2.75) is 13.8 Å². The first-order chi connectivity index (χ1) is 9.63. The van der Waals surface area contributed by atoms with Crippen LogP contribution >= 0.6 is 0 Å². The fourth-order valence-corrected chi connectivity index (χ4v) is 1.79. The molecule has 0 amide bonds. The number of benzene rings is 2. The molecule has 0 saturated carbocycles. The zero-order chi connectivity index (χ0) is 14.4. The number of aryl methyl sites for hydroxylation is 2. The molecule has 0 atom stereocenters. The van der Waals surface area contributed by atoms with E-state index in [4.69, 9.17) is 0 Å². The van der Waals surface area contributed by atoms with E-state index in [-0.39, 0.29) is 5.78 Å². The lowest BCUT2D eigenvalue weighted by Crippen LogP contribution is -2.10. The molecular formula is C18H19NO. The summed E-state index contributed by atoms with van der Waals surface area (Å²) in [5.74, 6) is 0.0613. The zero-order valence-electron chi connectivity index (χ0n) is 11.9. The first-order valence-electron chi connectivity index (χ1n) is 6.71. The van der Waals surface area contributed by atoms with Gasteiger partial charge in [0.15, 0.2) is 5.78 Å². The van der Waals surface area contributed by atoms with Crippen molar-refractivity contribution in [2.24, 2.45) is 0 Å². The lowest BCUT2D eigenvalue weighted by atomic mass is 10.1. The highest BCUT2D eigenvalue weighted by Gasteiger charge is 1.97. The van der Waals surface area contributed by atoms with Gasteiger partial charge in [-0.1, -0.05) is 53.6 Å². The molecule has 102 valence electrons. The summed E-state index contributed by atoms with van der Waals surface area (Å²) in [6.07, 6.45) is 3.46. The second-order valence-electron chi connectivity index (χ2n) is 4.93. The Hall–Kier alpha value is -2.35. The van der Waals surface area contributed by atoms with Crippen LogP contribution in [0, 0.1) is 13.8 Å². The van der Waals surface area contributed by atoms with Gasteiger partial charge in [0.1, 0.15) is 0 Å². The normalized spacial score (nSPS) is 10.7. The molecule has 0 fully saturated rings. The van der Waals surface area contributed by atoms with Crippen LogP contribution in [0.3, 0.4) is 0 Å². The van der Waals surface area contributed by atoms with E-state index in [1.807, 2.05) is 68.5 Å². The van der Waals surface area contributed by atoms with Gasteiger partial charge in [0.25, 0.3) is 0 Å². The summed E-state index contributed by atoms with van der Waals surface area (Å²) in [7, 11) is 0. The number of nitrogens with one attached hydrogen (secondary N) is 1. The van der Waals surface area contributed by atoms with Crippen molar-refractivity contribution in [1.82, 2.24) is 0 Å². The Morgan fingerprint density at radius 1 is 0.950 bits per heavy atom. The molecule has 0 unspecified atom stereocenters. The minimum atomic E-state index is 0.0613. The third kappa shape index (κ3) is 4.39. The average Bonchev–Trinajstić information content (AvgIpc) is 2.46. The number of anilines is 1. The van der Waals surface area contributed by atoms with Crippen molar-refractivity contribution in [1.29, 1.82) is 0 Å². The van der Waals surface area contributed by atoms with Crippen molar-refractivity contribution in [2.75, 3.05) is 11.9 Å². The Balaban J connectivity index is 1.86. The third-order valence-corrected chi connectivity index (χ3v) is 3.06. The summed E-state index contributed by atoms with van der Waals surface area (Å²) in [5, 5.41) is 3.12. The highest BCUT2D eigenvalue weighted by Crippen LogP contribution is 2.08. The first-order valence-corrected chi connectivity index (χ1v) is 6.71. The number of ketones is 1. The molecule has 2 aromatic rings. The molecule has 1 N–H and O–H groups in total. The first kappa shape index (κ1) is 14.1. The average molecular weight is 265 g/mol. The minimum Gasteiger partial charge on any atom is -0.378 e. The van der Waals surface area contributed by atoms with Crippen LogP contribution < -0.4 is 5.32 Å². The van der Waals surface area contributed by atoms with Gasteiger partial charge in [-0.2, -0.15) is 0 Å². The van der Waals surface area contributed by atoms with Crippen LogP contribution in [0.25, 0.3) is 6.08 Å². The van der Waals surface area contributed by atoms with Gasteiger partial charge < -0.3 is 5.32 Å².